The lowest BCUT2D eigenvalue weighted by atomic mass is 9.94. The van der Waals surface area contributed by atoms with Gasteiger partial charge in [-0.1, -0.05) is 6.92 Å². The summed E-state index contributed by atoms with van der Waals surface area (Å²) in [6.07, 6.45) is 3.10. The summed E-state index contributed by atoms with van der Waals surface area (Å²) in [5.74, 6) is -0.179. The van der Waals surface area contributed by atoms with Crippen LogP contribution in [0.5, 0.6) is 0 Å². The zero-order valence-corrected chi connectivity index (χ0v) is 10.8. The summed E-state index contributed by atoms with van der Waals surface area (Å²) in [7, 11) is 1.42. The molecule has 1 unspecified atom stereocenters. The fourth-order valence-electron chi connectivity index (χ4n) is 1.33. The number of nitrogens with zero attached hydrogens (tertiary/aromatic N) is 1. The molecule has 0 aliphatic heterocycles. The van der Waals surface area contributed by atoms with Crippen LogP contribution in [-0.2, 0) is 16.1 Å². The average molecular weight is 242 g/mol. The van der Waals surface area contributed by atoms with Crippen molar-refractivity contribution in [2.24, 2.45) is 0 Å². The van der Waals surface area contributed by atoms with Crippen LogP contribution in [0, 0.1) is 0 Å². The number of ether oxygens (including phenoxy) is 1. The first kappa shape index (κ1) is 13.1. The normalized spacial score (nSPS) is 14.4. The highest BCUT2D eigenvalue weighted by atomic mass is 32.1. The molecule has 4 nitrogen and oxygen atoms in total. The molecule has 1 atom stereocenters. The second-order valence-corrected chi connectivity index (χ2v) is 4.96. The average Bonchev–Trinajstić information content (AvgIpc) is 2.79. The molecule has 90 valence electrons. The molecule has 5 heteroatoms. The van der Waals surface area contributed by atoms with E-state index in [0.29, 0.717) is 6.42 Å². The second-order valence-electron chi connectivity index (χ2n) is 3.99. The molecule has 0 aliphatic rings. The van der Waals surface area contributed by atoms with E-state index in [-0.39, 0.29) is 11.5 Å². The summed E-state index contributed by atoms with van der Waals surface area (Å²) >= 11 is 1.61. The van der Waals surface area contributed by atoms with Crippen LogP contribution < -0.4 is 5.32 Å². The second kappa shape index (κ2) is 5.96. The van der Waals surface area contributed by atoms with E-state index >= 15 is 0 Å². The molecule has 0 fully saturated rings. The van der Waals surface area contributed by atoms with Gasteiger partial charge in [0.2, 0.25) is 0 Å². The Hall–Kier alpha value is -0.940. The summed E-state index contributed by atoms with van der Waals surface area (Å²) in [5.41, 5.74) is 1.59. The summed E-state index contributed by atoms with van der Waals surface area (Å²) in [4.78, 5) is 16.5. The van der Waals surface area contributed by atoms with Gasteiger partial charge >= 0.3 is 5.97 Å². The third-order valence-electron chi connectivity index (χ3n) is 2.72. The van der Waals surface area contributed by atoms with Gasteiger partial charge in [0, 0.05) is 23.2 Å². The summed E-state index contributed by atoms with van der Waals surface area (Å²) in [6, 6.07) is 0. The van der Waals surface area contributed by atoms with Crippen LogP contribution in [0.1, 0.15) is 31.6 Å². The minimum absolute atomic E-state index is 0.179. The molecule has 1 aromatic heterocycles. The van der Waals surface area contributed by atoms with Crippen LogP contribution in [-0.4, -0.2) is 23.6 Å². The standard InChI is InChI=1S/C11H18N2O2S/c1-4-11(2,5-10(14)15-3)13-7-9-6-12-8-16-9/h6,8,13H,4-5,7H2,1-3H3. The number of carbonyl (C=O) groups excluding carboxylic acids is 1. The van der Waals surface area contributed by atoms with E-state index in [4.69, 9.17) is 4.74 Å². The Bertz CT molecular complexity index is 327. The molecule has 0 bridgehead atoms. The van der Waals surface area contributed by atoms with Gasteiger partial charge in [-0.05, 0) is 13.3 Å². The van der Waals surface area contributed by atoms with Crippen LogP contribution in [0.3, 0.4) is 0 Å². The van der Waals surface area contributed by atoms with E-state index < -0.39 is 0 Å². The zero-order valence-electron chi connectivity index (χ0n) is 9.95. The monoisotopic (exact) mass is 242 g/mol. The predicted molar refractivity (Wildman–Crippen MR) is 64.3 cm³/mol. The topological polar surface area (TPSA) is 51.2 Å². The van der Waals surface area contributed by atoms with E-state index in [0.717, 1.165) is 13.0 Å². The van der Waals surface area contributed by atoms with Crippen molar-refractivity contribution in [3.8, 4) is 0 Å². The molecule has 0 aliphatic carbocycles. The molecule has 1 aromatic rings. The van der Waals surface area contributed by atoms with E-state index in [2.05, 4.69) is 17.2 Å². The summed E-state index contributed by atoms with van der Waals surface area (Å²) in [5, 5.41) is 3.38. The van der Waals surface area contributed by atoms with Gasteiger partial charge in [0.25, 0.3) is 0 Å². The van der Waals surface area contributed by atoms with Crippen molar-refractivity contribution in [3.63, 3.8) is 0 Å². The number of carbonyl (C=O) groups is 1. The number of methoxy groups -OCH3 is 1. The molecule has 16 heavy (non-hydrogen) atoms. The molecule has 1 N–H and O–H groups in total. The third kappa shape index (κ3) is 3.90. The molecule has 0 aromatic carbocycles. The van der Waals surface area contributed by atoms with Gasteiger partial charge in [-0.15, -0.1) is 11.3 Å². The molecule has 0 saturated heterocycles. The lowest BCUT2D eigenvalue weighted by Crippen LogP contribution is -2.43. The Morgan fingerprint density at radius 3 is 2.94 bits per heavy atom. The minimum Gasteiger partial charge on any atom is -0.469 e. The van der Waals surface area contributed by atoms with Crippen molar-refractivity contribution in [1.82, 2.24) is 10.3 Å². The first-order valence-electron chi connectivity index (χ1n) is 5.29. The number of hydrogen-bond acceptors (Lipinski definition) is 5. The smallest absolute Gasteiger partial charge is 0.307 e. The van der Waals surface area contributed by atoms with Crippen LogP contribution in [0.25, 0.3) is 0 Å². The highest BCUT2D eigenvalue weighted by Crippen LogP contribution is 2.17. The van der Waals surface area contributed by atoms with Gasteiger partial charge in [0.1, 0.15) is 0 Å². The maximum atomic E-state index is 11.3. The van der Waals surface area contributed by atoms with Crippen LogP contribution in [0.4, 0.5) is 0 Å². The summed E-state index contributed by atoms with van der Waals surface area (Å²) < 4.78 is 4.70. The largest absolute Gasteiger partial charge is 0.469 e. The van der Waals surface area contributed by atoms with Crippen molar-refractivity contribution in [1.29, 1.82) is 0 Å². The number of esters is 1. The van der Waals surface area contributed by atoms with Crippen LogP contribution >= 0.6 is 11.3 Å². The lowest BCUT2D eigenvalue weighted by molar-refractivity contribution is -0.142. The van der Waals surface area contributed by atoms with E-state index in [1.807, 2.05) is 13.1 Å². The van der Waals surface area contributed by atoms with Crippen molar-refractivity contribution in [3.05, 3.63) is 16.6 Å². The number of thiazole rings is 1. The Kier molecular flexibility index (Phi) is 4.89. The number of aromatic nitrogens is 1. The lowest BCUT2D eigenvalue weighted by Gasteiger charge is -2.28. The Balaban J connectivity index is 2.49. The van der Waals surface area contributed by atoms with Crippen LogP contribution in [0.2, 0.25) is 0 Å². The SMILES string of the molecule is CCC(C)(CC(=O)OC)NCc1cncs1. The van der Waals surface area contributed by atoms with E-state index in [1.54, 1.807) is 16.8 Å². The number of hydrogen-bond donors (Lipinski definition) is 1. The van der Waals surface area contributed by atoms with Gasteiger partial charge in [0.05, 0.1) is 19.0 Å². The molecule has 1 heterocycles. The van der Waals surface area contributed by atoms with Gasteiger partial charge < -0.3 is 10.1 Å². The first-order valence-corrected chi connectivity index (χ1v) is 6.17. The van der Waals surface area contributed by atoms with Gasteiger partial charge in [-0.3, -0.25) is 9.78 Å². The Morgan fingerprint density at radius 2 is 2.44 bits per heavy atom. The molecule has 0 spiro atoms. The molecular weight excluding hydrogens is 224 g/mol. The van der Waals surface area contributed by atoms with E-state index in [1.165, 1.54) is 12.0 Å². The fraction of sp³-hybridized carbons (Fsp3) is 0.636. The quantitative estimate of drug-likeness (QED) is 0.775. The third-order valence-corrected chi connectivity index (χ3v) is 3.49. The van der Waals surface area contributed by atoms with Crippen molar-refractivity contribution >= 4 is 17.3 Å². The molecule has 0 saturated carbocycles. The van der Waals surface area contributed by atoms with Crippen LogP contribution in [0.15, 0.2) is 11.7 Å². The van der Waals surface area contributed by atoms with Crippen molar-refractivity contribution in [2.75, 3.05) is 7.11 Å². The first-order chi connectivity index (χ1) is 7.59. The maximum Gasteiger partial charge on any atom is 0.307 e. The Labute approximate surface area is 100 Å². The highest BCUT2D eigenvalue weighted by molar-refractivity contribution is 7.09. The van der Waals surface area contributed by atoms with Crippen molar-refractivity contribution < 1.29 is 9.53 Å². The number of rotatable bonds is 6. The van der Waals surface area contributed by atoms with Gasteiger partial charge in [0.15, 0.2) is 0 Å². The van der Waals surface area contributed by atoms with Gasteiger partial charge in [-0.25, -0.2) is 0 Å². The molecule has 0 amide bonds. The molecular formula is C11H18N2O2S. The summed E-state index contributed by atoms with van der Waals surface area (Å²) in [6.45, 7) is 4.83. The Morgan fingerprint density at radius 1 is 1.69 bits per heavy atom. The molecule has 0 radical (unpaired) electrons. The minimum atomic E-state index is -0.211. The number of nitrogens with one attached hydrogen (secondary N) is 1. The van der Waals surface area contributed by atoms with Gasteiger partial charge in [-0.2, -0.15) is 0 Å². The van der Waals surface area contributed by atoms with Crippen molar-refractivity contribution in [2.45, 2.75) is 38.8 Å². The highest BCUT2D eigenvalue weighted by Gasteiger charge is 2.25. The maximum absolute atomic E-state index is 11.3. The molecule has 1 rings (SSSR count). The predicted octanol–water partition coefficient (Wildman–Crippen LogP) is 1.96. The zero-order chi connectivity index (χ0) is 12.0. The van der Waals surface area contributed by atoms with E-state index in [9.17, 15) is 4.79 Å². The fourth-order valence-corrected chi connectivity index (χ4v) is 1.87.